The second-order valence-electron chi connectivity index (χ2n) is 3.04. The molecule has 0 aliphatic heterocycles. The van der Waals surface area contributed by atoms with Crippen LogP contribution < -0.4 is 5.73 Å². The van der Waals surface area contributed by atoms with Crippen LogP contribution in [0.3, 0.4) is 0 Å². The lowest BCUT2D eigenvalue weighted by Gasteiger charge is -2.07. The van der Waals surface area contributed by atoms with Gasteiger partial charge in [0, 0.05) is 12.1 Å². The van der Waals surface area contributed by atoms with Crippen molar-refractivity contribution in [2.75, 3.05) is 0 Å². The van der Waals surface area contributed by atoms with Crippen LogP contribution in [-0.4, -0.2) is 6.04 Å². The summed E-state index contributed by atoms with van der Waals surface area (Å²) in [7, 11) is 0. The van der Waals surface area contributed by atoms with Gasteiger partial charge >= 0.3 is 0 Å². The molecule has 1 atom stereocenters. The molecule has 1 unspecified atom stereocenters. The van der Waals surface area contributed by atoms with E-state index in [-0.39, 0.29) is 11.1 Å². The number of hydrogen-bond donors (Lipinski definition) is 1. The fourth-order valence-electron chi connectivity index (χ4n) is 1.07. The zero-order valence-electron chi connectivity index (χ0n) is 7.15. The third-order valence-electron chi connectivity index (χ3n) is 1.63. The van der Waals surface area contributed by atoms with E-state index in [2.05, 4.69) is 0 Å². The number of benzene rings is 1. The zero-order valence-corrected chi connectivity index (χ0v) is 7.91. The SMILES string of the molecule is CC(N)Cc1cc(Cl)c(F)cc1F. The van der Waals surface area contributed by atoms with Gasteiger partial charge in [0.1, 0.15) is 11.6 Å². The first-order chi connectivity index (χ1) is 6.00. The fraction of sp³-hybridized carbons (Fsp3) is 0.333. The third kappa shape index (κ3) is 2.64. The molecular formula is C9H10ClF2N. The Hall–Kier alpha value is -0.670. The molecule has 0 heterocycles. The molecule has 0 bridgehead atoms. The summed E-state index contributed by atoms with van der Waals surface area (Å²) in [6.45, 7) is 1.75. The molecule has 1 rings (SSSR count). The Morgan fingerprint density at radius 1 is 1.38 bits per heavy atom. The lowest BCUT2D eigenvalue weighted by Crippen LogP contribution is -2.18. The maximum Gasteiger partial charge on any atom is 0.144 e. The Kier molecular flexibility index (Phi) is 3.22. The van der Waals surface area contributed by atoms with Crippen LogP contribution in [0.15, 0.2) is 12.1 Å². The van der Waals surface area contributed by atoms with Crippen molar-refractivity contribution in [1.29, 1.82) is 0 Å². The molecule has 0 amide bonds. The predicted octanol–water partition coefficient (Wildman–Crippen LogP) is 2.51. The molecule has 0 fully saturated rings. The van der Waals surface area contributed by atoms with Crippen LogP contribution in [0.2, 0.25) is 5.02 Å². The van der Waals surface area contributed by atoms with Gasteiger partial charge in [0.05, 0.1) is 5.02 Å². The van der Waals surface area contributed by atoms with Crippen LogP contribution >= 0.6 is 11.6 Å². The quantitative estimate of drug-likeness (QED) is 0.738. The van der Waals surface area contributed by atoms with Gasteiger partial charge in [-0.25, -0.2) is 8.78 Å². The highest BCUT2D eigenvalue weighted by Crippen LogP contribution is 2.20. The van der Waals surface area contributed by atoms with Crippen LogP contribution in [0.1, 0.15) is 12.5 Å². The minimum absolute atomic E-state index is 0.0722. The Labute approximate surface area is 80.5 Å². The minimum atomic E-state index is -0.743. The van der Waals surface area contributed by atoms with Gasteiger partial charge in [0.25, 0.3) is 0 Å². The van der Waals surface area contributed by atoms with Crippen LogP contribution in [0.5, 0.6) is 0 Å². The van der Waals surface area contributed by atoms with E-state index in [1.807, 2.05) is 0 Å². The Morgan fingerprint density at radius 3 is 2.54 bits per heavy atom. The molecule has 0 aliphatic rings. The van der Waals surface area contributed by atoms with Crippen molar-refractivity contribution in [3.63, 3.8) is 0 Å². The standard InChI is InChI=1S/C9H10ClF2N/c1-5(13)2-6-3-7(10)9(12)4-8(6)11/h3-5H,2,13H2,1H3. The van der Waals surface area contributed by atoms with E-state index in [0.29, 0.717) is 12.0 Å². The molecule has 0 saturated heterocycles. The van der Waals surface area contributed by atoms with Gasteiger partial charge in [0.2, 0.25) is 0 Å². The van der Waals surface area contributed by atoms with E-state index in [0.717, 1.165) is 6.07 Å². The van der Waals surface area contributed by atoms with Gasteiger partial charge < -0.3 is 5.73 Å². The van der Waals surface area contributed by atoms with Gasteiger partial charge in [-0.1, -0.05) is 11.6 Å². The molecule has 0 radical (unpaired) electrons. The molecule has 1 aromatic carbocycles. The van der Waals surface area contributed by atoms with E-state index in [1.165, 1.54) is 6.07 Å². The van der Waals surface area contributed by atoms with Crippen molar-refractivity contribution in [1.82, 2.24) is 0 Å². The molecule has 13 heavy (non-hydrogen) atoms. The average Bonchev–Trinajstić information content (AvgIpc) is 1.99. The molecule has 1 nitrogen and oxygen atoms in total. The summed E-state index contributed by atoms with van der Waals surface area (Å²) in [5.74, 6) is -1.34. The smallest absolute Gasteiger partial charge is 0.144 e. The molecule has 0 aliphatic carbocycles. The topological polar surface area (TPSA) is 26.0 Å². The van der Waals surface area contributed by atoms with Crippen molar-refractivity contribution >= 4 is 11.6 Å². The zero-order chi connectivity index (χ0) is 10.0. The first-order valence-corrected chi connectivity index (χ1v) is 4.27. The Bertz CT molecular complexity index is 313. The van der Waals surface area contributed by atoms with E-state index in [4.69, 9.17) is 17.3 Å². The predicted molar refractivity (Wildman–Crippen MR) is 48.7 cm³/mol. The monoisotopic (exact) mass is 205 g/mol. The lowest BCUT2D eigenvalue weighted by molar-refractivity contribution is 0.565. The van der Waals surface area contributed by atoms with Gasteiger partial charge in [0.15, 0.2) is 0 Å². The molecule has 0 saturated carbocycles. The summed E-state index contributed by atoms with van der Waals surface area (Å²) in [6, 6.07) is 1.88. The lowest BCUT2D eigenvalue weighted by atomic mass is 10.1. The Morgan fingerprint density at radius 2 is 2.00 bits per heavy atom. The summed E-state index contributed by atoms with van der Waals surface area (Å²) in [6.07, 6.45) is 0.353. The molecule has 4 heteroatoms. The van der Waals surface area contributed by atoms with Crippen molar-refractivity contribution in [2.24, 2.45) is 5.73 Å². The van der Waals surface area contributed by atoms with Gasteiger partial charge in [-0.05, 0) is 25.0 Å². The number of hydrogen-bond acceptors (Lipinski definition) is 1. The van der Waals surface area contributed by atoms with Crippen LogP contribution in [0.25, 0.3) is 0 Å². The van der Waals surface area contributed by atoms with E-state index >= 15 is 0 Å². The summed E-state index contributed by atoms with van der Waals surface area (Å²) in [5.41, 5.74) is 5.83. The average molecular weight is 206 g/mol. The second-order valence-corrected chi connectivity index (χ2v) is 3.45. The second kappa shape index (κ2) is 4.03. The molecule has 1 aromatic rings. The fourth-order valence-corrected chi connectivity index (χ4v) is 1.25. The molecule has 0 spiro atoms. The molecular weight excluding hydrogens is 196 g/mol. The summed E-state index contributed by atoms with van der Waals surface area (Å²) in [4.78, 5) is 0. The van der Waals surface area contributed by atoms with Crippen LogP contribution in [-0.2, 0) is 6.42 Å². The molecule has 2 N–H and O–H groups in total. The number of nitrogens with two attached hydrogens (primary N) is 1. The summed E-state index contributed by atoms with van der Waals surface area (Å²) in [5, 5.41) is -0.0722. The van der Waals surface area contributed by atoms with Crippen molar-refractivity contribution in [3.05, 3.63) is 34.4 Å². The Balaban J connectivity index is 3.01. The number of halogens is 3. The normalized spacial score (nSPS) is 13.0. The van der Waals surface area contributed by atoms with Gasteiger partial charge in [-0.2, -0.15) is 0 Å². The van der Waals surface area contributed by atoms with Crippen LogP contribution in [0, 0.1) is 11.6 Å². The number of rotatable bonds is 2. The highest BCUT2D eigenvalue weighted by molar-refractivity contribution is 6.30. The minimum Gasteiger partial charge on any atom is -0.328 e. The first-order valence-electron chi connectivity index (χ1n) is 3.89. The van der Waals surface area contributed by atoms with E-state index < -0.39 is 11.6 Å². The van der Waals surface area contributed by atoms with Crippen molar-refractivity contribution in [3.8, 4) is 0 Å². The largest absolute Gasteiger partial charge is 0.328 e. The molecule has 0 aromatic heterocycles. The third-order valence-corrected chi connectivity index (χ3v) is 1.92. The van der Waals surface area contributed by atoms with E-state index in [1.54, 1.807) is 6.92 Å². The first kappa shape index (κ1) is 10.4. The van der Waals surface area contributed by atoms with E-state index in [9.17, 15) is 8.78 Å². The maximum absolute atomic E-state index is 13.0. The summed E-state index contributed by atoms with van der Waals surface area (Å²) >= 11 is 5.49. The van der Waals surface area contributed by atoms with Crippen molar-refractivity contribution in [2.45, 2.75) is 19.4 Å². The van der Waals surface area contributed by atoms with Crippen molar-refractivity contribution < 1.29 is 8.78 Å². The highest BCUT2D eigenvalue weighted by Gasteiger charge is 2.09. The maximum atomic E-state index is 13.0. The van der Waals surface area contributed by atoms with Crippen LogP contribution in [0.4, 0.5) is 8.78 Å². The molecule has 72 valence electrons. The van der Waals surface area contributed by atoms with Gasteiger partial charge in [-0.15, -0.1) is 0 Å². The summed E-state index contributed by atoms with van der Waals surface area (Å²) < 4.78 is 25.7. The van der Waals surface area contributed by atoms with Gasteiger partial charge in [-0.3, -0.25) is 0 Å². The highest BCUT2D eigenvalue weighted by atomic mass is 35.5.